The highest BCUT2D eigenvalue weighted by molar-refractivity contribution is 5.85. The smallest absolute Gasteiger partial charge is 0.236 e. The molecule has 1 fully saturated rings. The fourth-order valence-electron chi connectivity index (χ4n) is 2.71. The molecule has 0 aliphatic carbocycles. The van der Waals surface area contributed by atoms with Crippen LogP contribution in [0.1, 0.15) is 5.56 Å². The minimum Gasteiger partial charge on any atom is -0.496 e. The fraction of sp³-hybridized carbons (Fsp3) is 0.588. The van der Waals surface area contributed by atoms with Crippen molar-refractivity contribution in [3.05, 3.63) is 29.8 Å². The quantitative estimate of drug-likeness (QED) is 0.676. The van der Waals surface area contributed by atoms with Crippen LogP contribution in [-0.2, 0) is 16.1 Å². The van der Waals surface area contributed by atoms with Crippen LogP contribution in [-0.4, -0.2) is 75.8 Å². The second kappa shape index (κ2) is 13.2. The third-order valence-electron chi connectivity index (χ3n) is 4.07. The molecule has 1 aliphatic heterocycles. The number of halogens is 2. The number of nitrogens with zero attached hydrogens (tertiary/aromatic N) is 2. The van der Waals surface area contributed by atoms with Crippen molar-refractivity contribution in [2.24, 2.45) is 0 Å². The largest absolute Gasteiger partial charge is 0.496 e. The van der Waals surface area contributed by atoms with Crippen LogP contribution >= 0.6 is 24.8 Å². The predicted octanol–water partition coefficient (Wildman–Crippen LogP) is 1.42. The second-order valence-corrected chi connectivity index (χ2v) is 5.64. The summed E-state index contributed by atoms with van der Waals surface area (Å²) in [5.41, 5.74) is 1.19. The molecule has 2 rings (SSSR count). The Labute approximate surface area is 162 Å². The molecule has 25 heavy (non-hydrogen) atoms. The number of piperazine rings is 1. The van der Waals surface area contributed by atoms with Gasteiger partial charge < -0.3 is 19.7 Å². The van der Waals surface area contributed by atoms with E-state index in [9.17, 15) is 4.79 Å². The molecular weight excluding hydrogens is 365 g/mol. The van der Waals surface area contributed by atoms with Crippen LogP contribution in [0.2, 0.25) is 0 Å². The van der Waals surface area contributed by atoms with E-state index in [4.69, 9.17) is 9.47 Å². The lowest BCUT2D eigenvalue weighted by molar-refractivity contribution is -0.132. The van der Waals surface area contributed by atoms with E-state index >= 15 is 0 Å². The molecule has 0 aromatic heterocycles. The van der Waals surface area contributed by atoms with Gasteiger partial charge in [0.2, 0.25) is 5.91 Å². The summed E-state index contributed by atoms with van der Waals surface area (Å²) in [6.07, 6.45) is 0. The molecule has 1 saturated heterocycles. The van der Waals surface area contributed by atoms with Gasteiger partial charge in [-0.25, -0.2) is 0 Å². The maximum Gasteiger partial charge on any atom is 0.236 e. The number of carbonyl (C=O) groups excluding carboxylic acids is 1. The van der Waals surface area contributed by atoms with Gasteiger partial charge in [0.1, 0.15) is 5.75 Å². The molecule has 6 nitrogen and oxygen atoms in total. The molecule has 8 heteroatoms. The van der Waals surface area contributed by atoms with Gasteiger partial charge in [0, 0.05) is 51.9 Å². The molecule has 1 aromatic carbocycles. The lowest BCUT2D eigenvalue weighted by Gasteiger charge is -2.35. The third kappa shape index (κ3) is 7.79. The maximum absolute atomic E-state index is 12.1. The summed E-state index contributed by atoms with van der Waals surface area (Å²) in [6.45, 7) is 5.91. The summed E-state index contributed by atoms with van der Waals surface area (Å²) >= 11 is 0. The van der Waals surface area contributed by atoms with Crippen LogP contribution in [0.15, 0.2) is 24.3 Å². The minimum atomic E-state index is 0. The number of benzene rings is 1. The van der Waals surface area contributed by atoms with E-state index in [2.05, 4.69) is 16.3 Å². The van der Waals surface area contributed by atoms with Gasteiger partial charge in [-0.2, -0.15) is 0 Å². The number of methoxy groups -OCH3 is 2. The highest BCUT2D eigenvalue weighted by Crippen LogP contribution is 2.19. The van der Waals surface area contributed by atoms with Crippen molar-refractivity contribution in [3.8, 4) is 5.75 Å². The van der Waals surface area contributed by atoms with Crippen LogP contribution in [0.5, 0.6) is 5.75 Å². The van der Waals surface area contributed by atoms with Crippen LogP contribution in [0, 0.1) is 0 Å². The van der Waals surface area contributed by atoms with E-state index in [0.29, 0.717) is 19.7 Å². The van der Waals surface area contributed by atoms with E-state index in [-0.39, 0.29) is 30.7 Å². The van der Waals surface area contributed by atoms with E-state index < -0.39 is 0 Å². The maximum atomic E-state index is 12.1. The van der Waals surface area contributed by atoms with Crippen molar-refractivity contribution in [1.29, 1.82) is 0 Å². The van der Waals surface area contributed by atoms with Crippen LogP contribution in [0.4, 0.5) is 0 Å². The molecule has 1 N–H and O–H groups in total. The summed E-state index contributed by atoms with van der Waals surface area (Å²) in [4.78, 5) is 16.4. The normalized spacial score (nSPS) is 14.4. The first kappa shape index (κ1) is 23.9. The predicted molar refractivity (Wildman–Crippen MR) is 104 cm³/mol. The molecule has 1 aromatic rings. The van der Waals surface area contributed by atoms with E-state index in [1.807, 2.05) is 23.1 Å². The Kier molecular flexibility index (Phi) is 12.6. The molecule has 0 saturated carbocycles. The molecule has 0 bridgehead atoms. The zero-order valence-corrected chi connectivity index (χ0v) is 16.5. The standard InChI is InChI=1S/C17H27N3O3.2ClH/c1-22-12-7-18-13-17(21)20-10-8-19(9-11-20)14-15-5-3-4-6-16(15)23-2;;/h3-6,18H,7-14H2,1-2H3;2*1H. The number of amides is 1. The van der Waals surface area contributed by atoms with Gasteiger partial charge in [-0.1, -0.05) is 18.2 Å². The average molecular weight is 394 g/mol. The van der Waals surface area contributed by atoms with Crippen LogP contribution in [0.25, 0.3) is 0 Å². The Morgan fingerprint density at radius 2 is 1.80 bits per heavy atom. The molecule has 0 radical (unpaired) electrons. The van der Waals surface area contributed by atoms with Crippen LogP contribution < -0.4 is 10.1 Å². The lowest BCUT2D eigenvalue weighted by atomic mass is 10.1. The number of nitrogens with one attached hydrogen (secondary N) is 1. The summed E-state index contributed by atoms with van der Waals surface area (Å²) < 4.78 is 10.4. The lowest BCUT2D eigenvalue weighted by Crippen LogP contribution is -2.50. The summed E-state index contributed by atoms with van der Waals surface area (Å²) in [5.74, 6) is 1.09. The first-order valence-electron chi connectivity index (χ1n) is 8.06. The van der Waals surface area contributed by atoms with Crippen molar-refractivity contribution in [3.63, 3.8) is 0 Å². The van der Waals surface area contributed by atoms with Gasteiger partial charge in [0.05, 0.1) is 20.3 Å². The Balaban J connectivity index is 0.00000288. The van der Waals surface area contributed by atoms with E-state index in [0.717, 1.165) is 38.5 Å². The first-order valence-corrected chi connectivity index (χ1v) is 8.06. The van der Waals surface area contributed by atoms with Gasteiger partial charge in [-0.05, 0) is 6.07 Å². The van der Waals surface area contributed by atoms with E-state index in [1.165, 1.54) is 5.56 Å². The molecule has 0 unspecified atom stereocenters. The summed E-state index contributed by atoms with van der Waals surface area (Å²) in [5, 5.41) is 3.10. The van der Waals surface area contributed by atoms with Crippen molar-refractivity contribution in [2.45, 2.75) is 6.54 Å². The Hall–Kier alpha value is -1.05. The highest BCUT2D eigenvalue weighted by atomic mass is 35.5. The number of rotatable bonds is 8. The van der Waals surface area contributed by atoms with Gasteiger partial charge in [0.15, 0.2) is 0 Å². The highest BCUT2D eigenvalue weighted by Gasteiger charge is 2.21. The van der Waals surface area contributed by atoms with Crippen molar-refractivity contribution < 1.29 is 14.3 Å². The molecule has 1 amide bonds. The van der Waals surface area contributed by atoms with Gasteiger partial charge in [-0.15, -0.1) is 24.8 Å². The number of ether oxygens (including phenoxy) is 2. The molecule has 0 spiro atoms. The van der Waals surface area contributed by atoms with Gasteiger partial charge >= 0.3 is 0 Å². The zero-order chi connectivity index (χ0) is 16.5. The molecule has 1 aliphatic rings. The second-order valence-electron chi connectivity index (χ2n) is 5.64. The van der Waals surface area contributed by atoms with Gasteiger partial charge in [-0.3, -0.25) is 9.69 Å². The third-order valence-corrected chi connectivity index (χ3v) is 4.07. The van der Waals surface area contributed by atoms with Gasteiger partial charge in [0.25, 0.3) is 0 Å². The molecule has 0 atom stereocenters. The zero-order valence-electron chi connectivity index (χ0n) is 14.9. The SMILES string of the molecule is COCCNCC(=O)N1CCN(Cc2ccccc2OC)CC1.Cl.Cl. The Bertz CT molecular complexity index is 498. The van der Waals surface area contributed by atoms with Crippen molar-refractivity contribution in [2.75, 3.05) is 60.1 Å². The topological polar surface area (TPSA) is 54.0 Å². The number of para-hydroxylation sites is 1. The number of hydrogen-bond donors (Lipinski definition) is 1. The summed E-state index contributed by atoms with van der Waals surface area (Å²) in [6, 6.07) is 8.09. The van der Waals surface area contributed by atoms with Crippen molar-refractivity contribution in [1.82, 2.24) is 15.1 Å². The number of hydrogen-bond acceptors (Lipinski definition) is 5. The monoisotopic (exact) mass is 393 g/mol. The molecular formula is C17H29Cl2N3O3. The van der Waals surface area contributed by atoms with E-state index in [1.54, 1.807) is 14.2 Å². The Morgan fingerprint density at radius 3 is 2.44 bits per heavy atom. The average Bonchev–Trinajstić information content (AvgIpc) is 2.59. The van der Waals surface area contributed by atoms with Crippen LogP contribution in [0.3, 0.4) is 0 Å². The minimum absolute atomic E-state index is 0. The first-order chi connectivity index (χ1) is 11.2. The fourth-order valence-corrected chi connectivity index (χ4v) is 2.71. The molecule has 144 valence electrons. The summed E-state index contributed by atoms with van der Waals surface area (Å²) in [7, 11) is 3.36. The number of carbonyl (C=O) groups is 1. The van der Waals surface area contributed by atoms with Crippen molar-refractivity contribution >= 4 is 30.7 Å². The Morgan fingerprint density at radius 1 is 1.12 bits per heavy atom. The molecule has 1 heterocycles.